The standard InChI is InChI=1S/C22H28N2O5S2/c1-29-21-15-17-7-3-4-8-18(17)16-22(21)30(25,26)23-19-9-11-20(12-10-19)31(27,28)24-13-5-2-6-14-24/h9-12,15-16,23H,2-8,13-14H2,1H3. The SMILES string of the molecule is COc1cc2c(cc1S(=O)(=O)Nc1ccc(S(=O)(=O)N3CCCCC3)cc1)CCCC2. The van der Waals surface area contributed by atoms with Crippen molar-refractivity contribution in [2.24, 2.45) is 0 Å². The van der Waals surface area contributed by atoms with E-state index in [9.17, 15) is 16.8 Å². The smallest absolute Gasteiger partial charge is 0.265 e. The summed E-state index contributed by atoms with van der Waals surface area (Å²) in [5.41, 5.74) is 2.47. The van der Waals surface area contributed by atoms with E-state index in [1.54, 1.807) is 6.07 Å². The monoisotopic (exact) mass is 464 g/mol. The molecule has 7 nitrogen and oxygen atoms in total. The van der Waals surface area contributed by atoms with Gasteiger partial charge in [-0.2, -0.15) is 4.31 Å². The summed E-state index contributed by atoms with van der Waals surface area (Å²) in [5, 5.41) is 0. The molecule has 0 aromatic heterocycles. The largest absolute Gasteiger partial charge is 0.495 e. The minimum Gasteiger partial charge on any atom is -0.495 e. The summed E-state index contributed by atoms with van der Waals surface area (Å²) >= 11 is 0. The lowest BCUT2D eigenvalue weighted by Gasteiger charge is -2.25. The van der Waals surface area contributed by atoms with Crippen molar-refractivity contribution in [3.63, 3.8) is 0 Å². The molecule has 2 aliphatic rings. The van der Waals surface area contributed by atoms with Crippen LogP contribution >= 0.6 is 0 Å². The Morgan fingerprint density at radius 1 is 0.839 bits per heavy atom. The molecule has 168 valence electrons. The number of nitrogens with zero attached hydrogens (tertiary/aromatic N) is 1. The molecule has 2 aromatic carbocycles. The van der Waals surface area contributed by atoms with E-state index >= 15 is 0 Å². The third kappa shape index (κ3) is 4.58. The molecule has 1 saturated heterocycles. The highest BCUT2D eigenvalue weighted by atomic mass is 32.2. The molecule has 1 aliphatic carbocycles. The van der Waals surface area contributed by atoms with Crippen LogP contribution in [-0.4, -0.2) is 41.3 Å². The van der Waals surface area contributed by atoms with E-state index in [-0.39, 0.29) is 9.79 Å². The Bertz CT molecular complexity index is 1150. The van der Waals surface area contributed by atoms with Crippen molar-refractivity contribution in [1.29, 1.82) is 0 Å². The van der Waals surface area contributed by atoms with Gasteiger partial charge >= 0.3 is 0 Å². The van der Waals surface area contributed by atoms with Crippen molar-refractivity contribution >= 4 is 25.7 Å². The van der Waals surface area contributed by atoms with E-state index in [0.717, 1.165) is 56.1 Å². The minimum absolute atomic E-state index is 0.0978. The van der Waals surface area contributed by atoms with Crippen LogP contribution in [0.2, 0.25) is 0 Å². The molecule has 0 saturated carbocycles. The zero-order valence-corrected chi connectivity index (χ0v) is 19.3. The fraction of sp³-hybridized carbons (Fsp3) is 0.455. The van der Waals surface area contributed by atoms with Crippen molar-refractivity contribution in [2.75, 3.05) is 24.9 Å². The molecule has 4 rings (SSSR count). The van der Waals surface area contributed by atoms with Crippen LogP contribution in [0, 0.1) is 0 Å². The minimum atomic E-state index is -3.89. The fourth-order valence-corrected chi connectivity index (χ4v) is 7.05. The maximum atomic E-state index is 13.1. The number of piperidine rings is 1. The predicted molar refractivity (Wildman–Crippen MR) is 119 cm³/mol. The van der Waals surface area contributed by atoms with Crippen molar-refractivity contribution in [2.45, 2.75) is 54.7 Å². The first-order chi connectivity index (χ1) is 14.8. The van der Waals surface area contributed by atoms with E-state index in [1.807, 2.05) is 6.07 Å². The van der Waals surface area contributed by atoms with Crippen LogP contribution in [0.25, 0.3) is 0 Å². The molecule has 0 spiro atoms. The second-order valence-electron chi connectivity index (χ2n) is 8.07. The molecule has 31 heavy (non-hydrogen) atoms. The molecule has 1 heterocycles. The summed E-state index contributed by atoms with van der Waals surface area (Å²) in [6.45, 7) is 1.05. The van der Waals surface area contributed by atoms with Gasteiger partial charge in [-0.05, 0) is 86.1 Å². The molecule has 0 radical (unpaired) electrons. The maximum absolute atomic E-state index is 13.1. The molecule has 9 heteroatoms. The number of fused-ring (bicyclic) bond motifs is 1. The van der Waals surface area contributed by atoms with Gasteiger partial charge in [0.1, 0.15) is 10.6 Å². The lowest BCUT2D eigenvalue weighted by Crippen LogP contribution is -2.35. The molecule has 1 N–H and O–H groups in total. The summed E-state index contributed by atoms with van der Waals surface area (Å²) in [4.78, 5) is 0.268. The first-order valence-electron chi connectivity index (χ1n) is 10.6. The third-order valence-electron chi connectivity index (χ3n) is 5.98. The number of rotatable bonds is 6. The lowest BCUT2D eigenvalue weighted by atomic mass is 9.92. The maximum Gasteiger partial charge on any atom is 0.265 e. The second-order valence-corrected chi connectivity index (χ2v) is 11.7. The molecule has 0 bridgehead atoms. The van der Waals surface area contributed by atoms with Crippen molar-refractivity contribution in [3.8, 4) is 5.75 Å². The van der Waals surface area contributed by atoms with Gasteiger partial charge in [-0.1, -0.05) is 6.42 Å². The van der Waals surface area contributed by atoms with E-state index < -0.39 is 20.0 Å². The van der Waals surface area contributed by atoms with Crippen molar-refractivity contribution < 1.29 is 21.6 Å². The van der Waals surface area contributed by atoms with E-state index in [4.69, 9.17) is 4.74 Å². The number of benzene rings is 2. The zero-order valence-electron chi connectivity index (χ0n) is 17.6. The van der Waals surface area contributed by atoms with Gasteiger partial charge in [0.15, 0.2) is 0 Å². The Balaban J connectivity index is 1.58. The summed E-state index contributed by atoms with van der Waals surface area (Å²) < 4.78 is 61.2. The van der Waals surface area contributed by atoms with E-state index in [2.05, 4.69) is 4.72 Å². The van der Waals surface area contributed by atoms with Crippen LogP contribution < -0.4 is 9.46 Å². The molecule has 1 aliphatic heterocycles. The van der Waals surface area contributed by atoms with Gasteiger partial charge < -0.3 is 4.74 Å². The molecule has 2 aromatic rings. The van der Waals surface area contributed by atoms with Crippen LogP contribution in [0.15, 0.2) is 46.2 Å². The molecule has 1 fully saturated rings. The van der Waals surface area contributed by atoms with Crippen LogP contribution in [0.1, 0.15) is 43.2 Å². The lowest BCUT2D eigenvalue weighted by molar-refractivity contribution is 0.346. The van der Waals surface area contributed by atoms with E-state index in [1.165, 1.54) is 35.7 Å². The summed E-state index contributed by atoms with van der Waals surface area (Å²) in [5.74, 6) is 0.317. The normalized spacial score (nSPS) is 17.7. The summed E-state index contributed by atoms with van der Waals surface area (Å²) in [7, 11) is -5.99. The highest BCUT2D eigenvalue weighted by molar-refractivity contribution is 7.92. The Morgan fingerprint density at radius 2 is 1.45 bits per heavy atom. The highest BCUT2D eigenvalue weighted by Gasteiger charge is 2.27. The fourth-order valence-electron chi connectivity index (χ4n) is 4.27. The third-order valence-corrected chi connectivity index (χ3v) is 9.29. The van der Waals surface area contributed by atoms with Gasteiger partial charge in [0.2, 0.25) is 10.0 Å². The average Bonchev–Trinajstić information content (AvgIpc) is 2.79. The molecule has 0 amide bonds. The molecular formula is C22H28N2O5S2. The van der Waals surface area contributed by atoms with Gasteiger partial charge in [0, 0.05) is 18.8 Å². The topological polar surface area (TPSA) is 92.8 Å². The van der Waals surface area contributed by atoms with Gasteiger partial charge in [0.05, 0.1) is 12.0 Å². The molecular weight excluding hydrogens is 436 g/mol. The number of hydrogen-bond donors (Lipinski definition) is 1. The second kappa shape index (κ2) is 8.80. The Kier molecular flexibility index (Phi) is 6.27. The molecule has 0 atom stereocenters. The first-order valence-corrected chi connectivity index (χ1v) is 13.6. The highest BCUT2D eigenvalue weighted by Crippen LogP contribution is 2.33. The van der Waals surface area contributed by atoms with Gasteiger partial charge in [-0.15, -0.1) is 0 Å². The number of sulfonamides is 2. The van der Waals surface area contributed by atoms with Crippen LogP contribution in [0.4, 0.5) is 5.69 Å². The first kappa shape index (κ1) is 22.1. The number of anilines is 1. The Morgan fingerprint density at radius 3 is 2.06 bits per heavy atom. The number of methoxy groups -OCH3 is 1. The summed E-state index contributed by atoms with van der Waals surface area (Å²) in [6, 6.07) is 9.39. The summed E-state index contributed by atoms with van der Waals surface area (Å²) in [6.07, 6.45) is 6.67. The van der Waals surface area contributed by atoms with Crippen LogP contribution in [0.5, 0.6) is 5.75 Å². The van der Waals surface area contributed by atoms with Crippen LogP contribution in [0.3, 0.4) is 0 Å². The van der Waals surface area contributed by atoms with E-state index in [0.29, 0.717) is 24.5 Å². The number of aryl methyl sites for hydroxylation is 2. The molecule has 0 unspecified atom stereocenters. The average molecular weight is 465 g/mol. The quantitative estimate of drug-likeness (QED) is 0.706. The van der Waals surface area contributed by atoms with Gasteiger partial charge in [0.25, 0.3) is 10.0 Å². The number of nitrogens with one attached hydrogen (secondary N) is 1. The van der Waals surface area contributed by atoms with Crippen LogP contribution in [-0.2, 0) is 32.9 Å². The Hall–Kier alpha value is -2.10. The Labute approximate surface area is 184 Å². The van der Waals surface area contributed by atoms with Crippen molar-refractivity contribution in [3.05, 3.63) is 47.5 Å². The van der Waals surface area contributed by atoms with Gasteiger partial charge in [-0.25, -0.2) is 16.8 Å². The van der Waals surface area contributed by atoms with Gasteiger partial charge in [-0.3, -0.25) is 4.72 Å². The zero-order chi connectivity index (χ0) is 22.1. The number of hydrogen-bond acceptors (Lipinski definition) is 5. The predicted octanol–water partition coefficient (Wildman–Crippen LogP) is 3.55. The number of ether oxygens (including phenoxy) is 1. The van der Waals surface area contributed by atoms with Crippen molar-refractivity contribution in [1.82, 2.24) is 4.31 Å².